The predicted octanol–water partition coefficient (Wildman–Crippen LogP) is 0.583. The van der Waals surface area contributed by atoms with E-state index in [1.165, 1.54) is 0 Å². The Morgan fingerprint density at radius 3 is 2.60 bits per heavy atom. The number of esters is 1. The third kappa shape index (κ3) is 4.01. The van der Waals surface area contributed by atoms with Gasteiger partial charge < -0.3 is 14.0 Å². The molecule has 0 aromatic carbocycles. The number of likely N-dealkylation sites (N-methyl/N-ethyl adjacent to an activating group) is 1. The van der Waals surface area contributed by atoms with Crippen LogP contribution in [0.4, 0.5) is 0 Å². The molecule has 0 spiro atoms. The average molecular weight is 214 g/mol. The van der Waals surface area contributed by atoms with Gasteiger partial charge in [0.15, 0.2) is 0 Å². The molecule has 1 rings (SSSR count). The first-order valence-electron chi connectivity index (χ1n) is 5.27. The third-order valence-corrected chi connectivity index (χ3v) is 2.76. The molecule has 0 saturated carbocycles. The lowest BCUT2D eigenvalue weighted by Crippen LogP contribution is -2.53. The molecule has 0 N–H and O–H groups in total. The second-order valence-corrected chi connectivity index (χ2v) is 4.32. The Bertz CT molecular complexity index is 244. The van der Waals surface area contributed by atoms with Crippen molar-refractivity contribution in [2.75, 3.05) is 46.5 Å². The minimum absolute atomic E-state index is 0.296. The van der Waals surface area contributed by atoms with Crippen LogP contribution in [0.25, 0.3) is 0 Å². The van der Waals surface area contributed by atoms with Crippen molar-refractivity contribution < 1.29 is 18.8 Å². The van der Waals surface area contributed by atoms with Gasteiger partial charge in [0.25, 0.3) is 0 Å². The number of hydrogen-bond donors (Lipinski definition) is 0. The number of quaternary nitrogens is 1. The van der Waals surface area contributed by atoms with Gasteiger partial charge in [-0.3, -0.25) is 0 Å². The molecule has 0 aliphatic carbocycles. The molecule has 15 heavy (non-hydrogen) atoms. The summed E-state index contributed by atoms with van der Waals surface area (Å²) >= 11 is 0. The average Bonchev–Trinajstić information content (AvgIpc) is 2.18. The molecule has 86 valence electrons. The molecular weight excluding hydrogens is 194 g/mol. The molecule has 0 bridgehead atoms. The van der Waals surface area contributed by atoms with Crippen LogP contribution in [0.3, 0.4) is 0 Å². The Labute approximate surface area is 91.1 Å². The summed E-state index contributed by atoms with van der Waals surface area (Å²) in [4.78, 5) is 11.1. The van der Waals surface area contributed by atoms with Crippen molar-refractivity contribution in [3.8, 4) is 0 Å². The highest BCUT2D eigenvalue weighted by atomic mass is 16.5. The van der Waals surface area contributed by atoms with Crippen LogP contribution in [0, 0.1) is 0 Å². The van der Waals surface area contributed by atoms with Gasteiger partial charge in [-0.1, -0.05) is 6.58 Å². The Hall–Kier alpha value is -0.870. The lowest BCUT2D eigenvalue weighted by Gasteiger charge is -2.37. The molecule has 0 unspecified atom stereocenters. The summed E-state index contributed by atoms with van der Waals surface area (Å²) in [5.41, 5.74) is 0.458. The molecule has 1 fully saturated rings. The molecular formula is C11H20NO3+. The van der Waals surface area contributed by atoms with E-state index in [4.69, 9.17) is 9.47 Å². The number of carbonyl (C=O) groups is 1. The second-order valence-electron chi connectivity index (χ2n) is 4.32. The van der Waals surface area contributed by atoms with Crippen LogP contribution in [-0.2, 0) is 14.3 Å². The van der Waals surface area contributed by atoms with Crippen LogP contribution in [0.1, 0.15) is 6.92 Å². The third-order valence-electron chi connectivity index (χ3n) is 2.76. The van der Waals surface area contributed by atoms with E-state index < -0.39 is 0 Å². The van der Waals surface area contributed by atoms with Gasteiger partial charge in [-0.25, -0.2) is 4.79 Å². The zero-order chi connectivity index (χ0) is 11.3. The predicted molar refractivity (Wildman–Crippen MR) is 57.4 cm³/mol. The maximum atomic E-state index is 11.1. The van der Waals surface area contributed by atoms with Gasteiger partial charge >= 0.3 is 5.97 Å². The van der Waals surface area contributed by atoms with Crippen LogP contribution >= 0.6 is 0 Å². The summed E-state index contributed by atoms with van der Waals surface area (Å²) in [6.45, 7) is 10.1. The zero-order valence-electron chi connectivity index (χ0n) is 9.62. The van der Waals surface area contributed by atoms with Crippen molar-refractivity contribution in [3.63, 3.8) is 0 Å². The van der Waals surface area contributed by atoms with Crippen molar-refractivity contribution in [3.05, 3.63) is 12.2 Å². The first kappa shape index (κ1) is 12.2. The number of hydrogen-bond acceptors (Lipinski definition) is 3. The van der Waals surface area contributed by atoms with Gasteiger partial charge in [0.1, 0.15) is 26.2 Å². The monoisotopic (exact) mass is 214 g/mol. The molecule has 1 saturated heterocycles. The van der Waals surface area contributed by atoms with Crippen LogP contribution in [0.2, 0.25) is 0 Å². The highest BCUT2D eigenvalue weighted by Gasteiger charge is 2.25. The van der Waals surface area contributed by atoms with E-state index in [0.717, 1.165) is 37.3 Å². The Balaban J connectivity index is 2.24. The van der Waals surface area contributed by atoms with Crippen LogP contribution < -0.4 is 0 Å². The number of nitrogens with zero attached hydrogens (tertiary/aromatic N) is 1. The van der Waals surface area contributed by atoms with Crippen molar-refractivity contribution in [2.24, 2.45) is 0 Å². The van der Waals surface area contributed by atoms with Gasteiger partial charge in [0.2, 0.25) is 0 Å². The van der Waals surface area contributed by atoms with Crippen molar-refractivity contribution >= 4 is 5.97 Å². The van der Waals surface area contributed by atoms with E-state index in [2.05, 4.69) is 13.6 Å². The smallest absolute Gasteiger partial charge is 0.333 e. The van der Waals surface area contributed by atoms with Crippen molar-refractivity contribution in [1.29, 1.82) is 0 Å². The summed E-state index contributed by atoms with van der Waals surface area (Å²) in [7, 11) is 2.16. The molecule has 4 nitrogen and oxygen atoms in total. The Morgan fingerprint density at radius 2 is 2.07 bits per heavy atom. The standard InChI is InChI=1S/C11H20NO3/c1-10(2)11(13)15-9-6-12(3)4-7-14-8-5-12/h1,4-9H2,2-3H3/q+1. The minimum Gasteiger partial charge on any atom is -0.456 e. The SMILES string of the molecule is C=C(C)C(=O)OCC[N+]1(C)CCOCC1. The first-order chi connectivity index (χ1) is 7.03. The Kier molecular flexibility index (Phi) is 4.29. The largest absolute Gasteiger partial charge is 0.456 e. The van der Waals surface area contributed by atoms with E-state index in [-0.39, 0.29) is 5.97 Å². The van der Waals surface area contributed by atoms with Crippen molar-refractivity contribution in [2.45, 2.75) is 6.92 Å². The second kappa shape index (κ2) is 5.28. The maximum Gasteiger partial charge on any atom is 0.333 e. The van der Waals surface area contributed by atoms with Crippen LogP contribution in [0.5, 0.6) is 0 Å². The van der Waals surface area contributed by atoms with E-state index in [1.54, 1.807) is 6.92 Å². The van der Waals surface area contributed by atoms with Gasteiger partial charge in [0.05, 0.1) is 20.3 Å². The van der Waals surface area contributed by atoms with E-state index in [9.17, 15) is 4.79 Å². The summed E-state index contributed by atoms with van der Waals surface area (Å²) in [5.74, 6) is -0.296. The first-order valence-corrected chi connectivity index (χ1v) is 5.27. The van der Waals surface area contributed by atoms with Crippen LogP contribution in [-0.4, -0.2) is 57.0 Å². The molecule has 0 aromatic heterocycles. The molecule has 4 heteroatoms. The van der Waals surface area contributed by atoms with E-state index in [1.807, 2.05) is 0 Å². The van der Waals surface area contributed by atoms with Gasteiger partial charge in [-0.05, 0) is 6.92 Å². The fourth-order valence-corrected chi connectivity index (χ4v) is 1.49. The molecule has 0 atom stereocenters. The molecule has 1 aliphatic heterocycles. The summed E-state index contributed by atoms with van der Waals surface area (Å²) in [6, 6.07) is 0. The highest BCUT2D eigenvalue weighted by Crippen LogP contribution is 2.07. The number of morpholine rings is 1. The quantitative estimate of drug-likeness (QED) is 0.390. The number of rotatable bonds is 4. The fourth-order valence-electron chi connectivity index (χ4n) is 1.49. The molecule has 1 aliphatic rings. The van der Waals surface area contributed by atoms with Crippen LogP contribution in [0.15, 0.2) is 12.2 Å². The topological polar surface area (TPSA) is 35.5 Å². The lowest BCUT2D eigenvalue weighted by atomic mass is 10.3. The van der Waals surface area contributed by atoms with Gasteiger partial charge in [-0.15, -0.1) is 0 Å². The normalized spacial score (nSPS) is 19.6. The molecule has 0 radical (unpaired) electrons. The van der Waals surface area contributed by atoms with Crippen molar-refractivity contribution in [1.82, 2.24) is 0 Å². The molecule has 1 heterocycles. The molecule has 0 amide bonds. The van der Waals surface area contributed by atoms with E-state index in [0.29, 0.717) is 12.2 Å². The van der Waals surface area contributed by atoms with Gasteiger partial charge in [0, 0.05) is 5.57 Å². The van der Waals surface area contributed by atoms with Gasteiger partial charge in [-0.2, -0.15) is 0 Å². The van der Waals surface area contributed by atoms with E-state index >= 15 is 0 Å². The summed E-state index contributed by atoms with van der Waals surface area (Å²) in [5, 5.41) is 0. The number of carbonyl (C=O) groups excluding carboxylic acids is 1. The zero-order valence-corrected chi connectivity index (χ0v) is 9.62. The summed E-state index contributed by atoms with van der Waals surface area (Å²) in [6.07, 6.45) is 0. The fraction of sp³-hybridized carbons (Fsp3) is 0.727. The summed E-state index contributed by atoms with van der Waals surface area (Å²) < 4.78 is 11.3. The molecule has 0 aromatic rings. The number of ether oxygens (including phenoxy) is 2. The maximum absolute atomic E-state index is 11.1. The lowest BCUT2D eigenvalue weighted by molar-refractivity contribution is -0.917. The minimum atomic E-state index is -0.296. The highest BCUT2D eigenvalue weighted by molar-refractivity contribution is 5.86. The Morgan fingerprint density at radius 1 is 1.47 bits per heavy atom.